The fraction of sp³-hybridized carbons (Fsp3) is 0.375. The van der Waals surface area contributed by atoms with E-state index in [1.807, 2.05) is 25.1 Å². The van der Waals surface area contributed by atoms with E-state index >= 15 is 0 Å². The van der Waals surface area contributed by atoms with Crippen LogP contribution in [0.15, 0.2) is 83.8 Å². The monoisotopic (exact) mass is 615 g/mol. The van der Waals surface area contributed by atoms with Crippen LogP contribution in [0.4, 0.5) is 18.9 Å². The number of rotatable bonds is 11. The Labute approximate surface area is 250 Å². The highest BCUT2D eigenvalue weighted by molar-refractivity contribution is 7.92. The smallest absolute Gasteiger partial charge is 0.352 e. The Morgan fingerprint density at radius 2 is 1.60 bits per heavy atom. The standard InChI is InChI=1S/C32H36F3N3O4S/c1-3-29(31(40)36-26-15-9-10-16-26)37(21-24-13-8-7-12-23(24)2)30(39)22-38(43(41,42)28-18-5-4-6-19-28)27-17-11-14-25(20-27)32(33,34)35/h4-8,11-14,17-20,26,29H,3,9-10,15-16,21-22H2,1-2H3,(H,36,40). The molecule has 0 aliphatic heterocycles. The maximum atomic E-state index is 14.2. The molecule has 1 fully saturated rings. The summed E-state index contributed by atoms with van der Waals surface area (Å²) in [5.41, 5.74) is 0.272. The summed E-state index contributed by atoms with van der Waals surface area (Å²) < 4.78 is 69.3. The molecule has 1 unspecified atom stereocenters. The minimum Gasteiger partial charge on any atom is -0.352 e. The number of hydrogen-bond donors (Lipinski definition) is 1. The van der Waals surface area contributed by atoms with Crippen LogP contribution in [0.2, 0.25) is 0 Å². The molecule has 0 bridgehead atoms. The summed E-state index contributed by atoms with van der Waals surface area (Å²) in [6, 6.07) is 17.5. The average Bonchev–Trinajstić information content (AvgIpc) is 3.49. The van der Waals surface area contributed by atoms with Crippen molar-refractivity contribution < 1.29 is 31.2 Å². The molecule has 1 N–H and O–H groups in total. The predicted molar refractivity (Wildman–Crippen MR) is 159 cm³/mol. The average molecular weight is 616 g/mol. The summed E-state index contributed by atoms with van der Waals surface area (Å²) in [5.74, 6) is -1.05. The number of nitrogens with zero attached hydrogens (tertiary/aromatic N) is 2. The minimum absolute atomic E-state index is 0.00275. The maximum Gasteiger partial charge on any atom is 0.416 e. The number of sulfonamides is 1. The van der Waals surface area contributed by atoms with Crippen molar-refractivity contribution >= 4 is 27.5 Å². The summed E-state index contributed by atoms with van der Waals surface area (Å²) in [5, 5.41) is 3.04. The van der Waals surface area contributed by atoms with Crippen LogP contribution >= 0.6 is 0 Å². The molecule has 0 aromatic heterocycles. The Bertz CT molecular complexity index is 1520. The van der Waals surface area contributed by atoms with Crippen LogP contribution in [0.5, 0.6) is 0 Å². The van der Waals surface area contributed by atoms with Crippen molar-refractivity contribution in [2.45, 2.75) is 75.7 Å². The van der Waals surface area contributed by atoms with Crippen molar-refractivity contribution in [1.29, 1.82) is 0 Å². The van der Waals surface area contributed by atoms with Crippen molar-refractivity contribution in [2.75, 3.05) is 10.8 Å². The molecule has 7 nitrogen and oxygen atoms in total. The Hall–Kier alpha value is -3.86. The van der Waals surface area contributed by atoms with Gasteiger partial charge in [0.15, 0.2) is 0 Å². The van der Waals surface area contributed by atoms with Crippen molar-refractivity contribution in [1.82, 2.24) is 10.2 Å². The van der Waals surface area contributed by atoms with Crippen molar-refractivity contribution in [3.8, 4) is 0 Å². The van der Waals surface area contributed by atoms with Gasteiger partial charge in [-0.1, -0.05) is 68.3 Å². The van der Waals surface area contributed by atoms with Gasteiger partial charge in [-0.2, -0.15) is 13.2 Å². The van der Waals surface area contributed by atoms with Crippen LogP contribution in [-0.4, -0.2) is 43.8 Å². The van der Waals surface area contributed by atoms with Gasteiger partial charge in [0.1, 0.15) is 12.6 Å². The predicted octanol–water partition coefficient (Wildman–Crippen LogP) is 6.08. The summed E-state index contributed by atoms with van der Waals surface area (Å²) in [4.78, 5) is 28.8. The van der Waals surface area contributed by atoms with Crippen molar-refractivity contribution in [2.24, 2.45) is 0 Å². The van der Waals surface area contributed by atoms with E-state index in [-0.39, 0.29) is 35.5 Å². The first-order valence-electron chi connectivity index (χ1n) is 14.3. The number of halogens is 3. The Morgan fingerprint density at radius 3 is 2.23 bits per heavy atom. The van der Waals surface area contributed by atoms with Gasteiger partial charge in [-0.25, -0.2) is 8.42 Å². The molecule has 11 heteroatoms. The number of alkyl halides is 3. The Morgan fingerprint density at radius 1 is 0.953 bits per heavy atom. The first-order chi connectivity index (χ1) is 20.4. The Balaban J connectivity index is 1.76. The fourth-order valence-corrected chi connectivity index (χ4v) is 6.77. The molecule has 1 saturated carbocycles. The van der Waals surface area contributed by atoms with E-state index in [1.54, 1.807) is 19.1 Å². The molecule has 4 rings (SSSR count). The van der Waals surface area contributed by atoms with E-state index in [2.05, 4.69) is 5.32 Å². The lowest BCUT2D eigenvalue weighted by molar-refractivity contribution is -0.140. The summed E-state index contributed by atoms with van der Waals surface area (Å²) in [7, 11) is -4.48. The molecule has 3 aromatic carbocycles. The zero-order valence-corrected chi connectivity index (χ0v) is 25.0. The zero-order chi connectivity index (χ0) is 31.2. The van der Waals surface area contributed by atoms with Gasteiger partial charge >= 0.3 is 6.18 Å². The quantitative estimate of drug-likeness (QED) is 0.284. The first kappa shape index (κ1) is 32.1. The molecule has 3 aromatic rings. The van der Waals surface area contributed by atoms with Gasteiger partial charge in [0, 0.05) is 12.6 Å². The number of aryl methyl sites for hydroxylation is 1. The summed E-state index contributed by atoms with van der Waals surface area (Å²) in [6.45, 7) is 2.84. The van der Waals surface area contributed by atoms with Crippen LogP contribution in [0.3, 0.4) is 0 Å². The number of carbonyl (C=O) groups excluding carboxylic acids is 2. The molecule has 2 amide bonds. The lowest BCUT2D eigenvalue weighted by Crippen LogP contribution is -2.53. The summed E-state index contributed by atoms with van der Waals surface area (Å²) >= 11 is 0. The number of nitrogens with one attached hydrogen (secondary N) is 1. The van der Waals surface area contributed by atoms with E-state index in [1.165, 1.54) is 35.2 Å². The summed E-state index contributed by atoms with van der Waals surface area (Å²) in [6.07, 6.45) is -0.803. The van der Waals surface area contributed by atoms with E-state index in [0.717, 1.165) is 48.9 Å². The van der Waals surface area contributed by atoms with Crippen LogP contribution in [0.25, 0.3) is 0 Å². The van der Waals surface area contributed by atoms with Gasteiger partial charge in [-0.05, 0) is 67.6 Å². The normalized spacial score (nSPS) is 14.7. The molecule has 0 radical (unpaired) electrons. The first-order valence-corrected chi connectivity index (χ1v) is 15.7. The van der Waals surface area contributed by atoms with Crippen LogP contribution in [-0.2, 0) is 32.3 Å². The molecule has 230 valence electrons. The highest BCUT2D eigenvalue weighted by Gasteiger charge is 2.36. The van der Waals surface area contributed by atoms with Crippen LogP contribution in [0.1, 0.15) is 55.7 Å². The van der Waals surface area contributed by atoms with Crippen LogP contribution < -0.4 is 9.62 Å². The molecule has 1 atom stereocenters. The van der Waals surface area contributed by atoms with E-state index < -0.39 is 40.3 Å². The van der Waals surface area contributed by atoms with Gasteiger partial charge in [0.2, 0.25) is 11.8 Å². The number of carbonyl (C=O) groups is 2. The molecular weight excluding hydrogens is 579 g/mol. The largest absolute Gasteiger partial charge is 0.416 e. The van der Waals surface area contributed by atoms with Gasteiger partial charge < -0.3 is 10.2 Å². The van der Waals surface area contributed by atoms with Gasteiger partial charge in [0.25, 0.3) is 10.0 Å². The van der Waals surface area contributed by atoms with Gasteiger partial charge in [-0.15, -0.1) is 0 Å². The third-order valence-corrected chi connectivity index (χ3v) is 9.55. The van der Waals surface area contributed by atoms with Crippen molar-refractivity contribution in [3.05, 3.63) is 95.6 Å². The third-order valence-electron chi connectivity index (χ3n) is 7.76. The SMILES string of the molecule is CCC(C(=O)NC1CCCC1)N(Cc1ccccc1C)C(=O)CN(c1cccc(C(F)(F)F)c1)S(=O)(=O)c1ccccc1. The molecule has 0 saturated heterocycles. The molecule has 43 heavy (non-hydrogen) atoms. The second-order valence-electron chi connectivity index (χ2n) is 10.7. The van der Waals surface area contributed by atoms with Gasteiger partial charge in [0.05, 0.1) is 16.1 Å². The third kappa shape index (κ3) is 7.76. The van der Waals surface area contributed by atoms with Crippen LogP contribution in [0, 0.1) is 6.92 Å². The Kier molecular flexibility index (Phi) is 10.2. The fourth-order valence-electron chi connectivity index (χ4n) is 5.34. The molecular formula is C32H36F3N3O4S. The lowest BCUT2D eigenvalue weighted by Gasteiger charge is -2.34. The molecule has 1 aliphatic carbocycles. The molecule has 0 heterocycles. The number of benzene rings is 3. The second-order valence-corrected chi connectivity index (χ2v) is 12.6. The minimum atomic E-state index is -4.73. The lowest BCUT2D eigenvalue weighted by atomic mass is 10.1. The van der Waals surface area contributed by atoms with Gasteiger partial charge in [-0.3, -0.25) is 13.9 Å². The topological polar surface area (TPSA) is 86.8 Å². The maximum absolute atomic E-state index is 14.2. The second kappa shape index (κ2) is 13.6. The number of anilines is 1. The van der Waals surface area contributed by atoms with E-state index in [4.69, 9.17) is 0 Å². The molecule has 0 spiro atoms. The number of hydrogen-bond acceptors (Lipinski definition) is 4. The van der Waals surface area contributed by atoms with Crippen molar-refractivity contribution in [3.63, 3.8) is 0 Å². The highest BCUT2D eigenvalue weighted by Crippen LogP contribution is 2.33. The number of amides is 2. The molecule has 1 aliphatic rings. The van der Waals surface area contributed by atoms with E-state index in [9.17, 15) is 31.2 Å². The van der Waals surface area contributed by atoms with E-state index in [0.29, 0.717) is 10.4 Å². The highest BCUT2D eigenvalue weighted by atomic mass is 32.2. The zero-order valence-electron chi connectivity index (χ0n) is 24.2.